The molecule has 0 atom stereocenters. The number of carbonyl (C=O) groups excluding carboxylic acids is 1. The largest absolute Gasteiger partial charge is 0.491 e. The lowest BCUT2D eigenvalue weighted by Crippen LogP contribution is -2.28. The zero-order valence-corrected chi connectivity index (χ0v) is 13.4. The zero-order chi connectivity index (χ0) is 17.4. The predicted octanol–water partition coefficient (Wildman–Crippen LogP) is 0.441. The van der Waals surface area contributed by atoms with Crippen LogP contribution in [0.25, 0.3) is 5.69 Å². The molecule has 0 saturated carbocycles. The van der Waals surface area contributed by atoms with E-state index in [9.17, 15) is 9.82 Å². The Labute approximate surface area is 143 Å². The molecule has 1 aliphatic heterocycles. The first-order chi connectivity index (χ1) is 12.1. The summed E-state index contributed by atoms with van der Waals surface area (Å²) < 4.78 is 6.71. The topological polar surface area (TPSA) is 102 Å². The molecule has 4 rings (SSSR count). The summed E-state index contributed by atoms with van der Waals surface area (Å²) in [6, 6.07) is 8.90. The van der Waals surface area contributed by atoms with Crippen LogP contribution in [0.5, 0.6) is 0 Å². The Hall–Kier alpha value is -3.04. The van der Waals surface area contributed by atoms with Gasteiger partial charge in [-0.15, -0.1) is 5.10 Å². The van der Waals surface area contributed by atoms with E-state index in [0.29, 0.717) is 23.5 Å². The number of rotatable bonds is 3. The van der Waals surface area contributed by atoms with E-state index >= 15 is 0 Å². The number of anilines is 1. The van der Waals surface area contributed by atoms with Gasteiger partial charge in [0.05, 0.1) is 24.2 Å². The highest BCUT2D eigenvalue weighted by molar-refractivity contribution is 6.61. The molecule has 2 aromatic heterocycles. The van der Waals surface area contributed by atoms with E-state index in [1.165, 1.54) is 0 Å². The molecule has 1 amide bonds. The number of aromatic nitrogens is 4. The SMILES string of the molecule is Cc1c(C(=O)Nc2ccc3c(c2)B(O)OC3)nnn1-c1cccnc1. The van der Waals surface area contributed by atoms with Crippen LogP contribution in [0.15, 0.2) is 42.7 Å². The normalized spacial score (nSPS) is 13.0. The van der Waals surface area contributed by atoms with Crippen LogP contribution in [0.3, 0.4) is 0 Å². The molecule has 3 aromatic rings. The molecule has 0 radical (unpaired) electrons. The Morgan fingerprint density at radius 3 is 3.08 bits per heavy atom. The van der Waals surface area contributed by atoms with Gasteiger partial charge in [-0.25, -0.2) is 4.68 Å². The molecular formula is C16H14BN5O3. The minimum atomic E-state index is -0.958. The molecular weight excluding hydrogens is 321 g/mol. The molecule has 1 aromatic carbocycles. The number of amides is 1. The minimum Gasteiger partial charge on any atom is -0.423 e. The van der Waals surface area contributed by atoms with Crippen LogP contribution in [0.2, 0.25) is 0 Å². The Kier molecular flexibility index (Phi) is 3.79. The number of hydrogen-bond donors (Lipinski definition) is 2. The standard InChI is InChI=1S/C16H14BN5O3/c1-10-15(20-21-22(10)13-3-2-6-18-8-13)16(23)19-12-5-4-11-9-25-17(24)14(11)7-12/h2-8,24H,9H2,1H3,(H,19,23). The van der Waals surface area contributed by atoms with Gasteiger partial charge in [-0.1, -0.05) is 11.3 Å². The number of pyridine rings is 1. The van der Waals surface area contributed by atoms with Crippen LogP contribution >= 0.6 is 0 Å². The van der Waals surface area contributed by atoms with Gasteiger partial charge in [-0.3, -0.25) is 9.78 Å². The molecule has 3 heterocycles. The first-order valence-corrected chi connectivity index (χ1v) is 7.70. The molecule has 0 spiro atoms. The number of benzene rings is 1. The van der Waals surface area contributed by atoms with E-state index in [1.54, 1.807) is 42.2 Å². The van der Waals surface area contributed by atoms with Crippen molar-refractivity contribution in [3.63, 3.8) is 0 Å². The molecule has 0 fully saturated rings. The van der Waals surface area contributed by atoms with Crippen molar-refractivity contribution in [2.75, 3.05) is 5.32 Å². The summed E-state index contributed by atoms with van der Waals surface area (Å²) in [4.78, 5) is 16.6. The van der Waals surface area contributed by atoms with Crippen LogP contribution < -0.4 is 10.8 Å². The molecule has 2 N–H and O–H groups in total. The molecule has 124 valence electrons. The molecule has 0 bridgehead atoms. The fourth-order valence-corrected chi connectivity index (χ4v) is 2.75. The van der Waals surface area contributed by atoms with Crippen LogP contribution in [0.4, 0.5) is 5.69 Å². The van der Waals surface area contributed by atoms with Crippen molar-refractivity contribution in [3.8, 4) is 5.69 Å². The summed E-state index contributed by atoms with van der Waals surface area (Å²) in [6.07, 6.45) is 3.31. The number of nitrogens with zero attached hydrogens (tertiary/aromatic N) is 4. The van der Waals surface area contributed by atoms with E-state index in [2.05, 4.69) is 20.6 Å². The Morgan fingerprint density at radius 1 is 1.40 bits per heavy atom. The minimum absolute atomic E-state index is 0.223. The van der Waals surface area contributed by atoms with Gasteiger partial charge in [0.25, 0.3) is 5.91 Å². The van der Waals surface area contributed by atoms with Crippen LogP contribution in [0.1, 0.15) is 21.7 Å². The summed E-state index contributed by atoms with van der Waals surface area (Å²) >= 11 is 0. The summed E-state index contributed by atoms with van der Waals surface area (Å²) in [7, 11) is -0.958. The average molecular weight is 335 g/mol. The Morgan fingerprint density at radius 2 is 2.28 bits per heavy atom. The van der Waals surface area contributed by atoms with Gasteiger partial charge < -0.3 is 15.0 Å². The third kappa shape index (κ3) is 2.79. The first kappa shape index (κ1) is 15.5. The lowest BCUT2D eigenvalue weighted by Gasteiger charge is -2.07. The van der Waals surface area contributed by atoms with Gasteiger partial charge in [0, 0.05) is 11.9 Å². The fourth-order valence-electron chi connectivity index (χ4n) is 2.75. The second-order valence-corrected chi connectivity index (χ2v) is 5.68. The Balaban J connectivity index is 1.58. The fraction of sp³-hybridized carbons (Fsp3) is 0.125. The molecule has 9 heteroatoms. The lowest BCUT2D eigenvalue weighted by molar-refractivity contribution is 0.102. The highest BCUT2D eigenvalue weighted by Crippen LogP contribution is 2.16. The van der Waals surface area contributed by atoms with Gasteiger partial charge in [0.2, 0.25) is 0 Å². The maximum Gasteiger partial charge on any atom is 0.491 e. The van der Waals surface area contributed by atoms with Gasteiger partial charge in [0.15, 0.2) is 5.69 Å². The average Bonchev–Trinajstić information content (AvgIpc) is 3.19. The van der Waals surface area contributed by atoms with E-state index in [-0.39, 0.29) is 11.6 Å². The first-order valence-electron chi connectivity index (χ1n) is 7.70. The van der Waals surface area contributed by atoms with E-state index in [4.69, 9.17) is 4.65 Å². The second-order valence-electron chi connectivity index (χ2n) is 5.68. The van der Waals surface area contributed by atoms with E-state index < -0.39 is 7.12 Å². The van der Waals surface area contributed by atoms with Gasteiger partial charge in [-0.2, -0.15) is 0 Å². The van der Waals surface area contributed by atoms with E-state index in [0.717, 1.165) is 11.3 Å². The Bertz CT molecular complexity index is 944. The number of fused-ring (bicyclic) bond motifs is 1. The van der Waals surface area contributed by atoms with Crippen molar-refractivity contribution in [1.82, 2.24) is 20.0 Å². The smallest absolute Gasteiger partial charge is 0.423 e. The van der Waals surface area contributed by atoms with Gasteiger partial charge in [-0.05, 0) is 42.2 Å². The maximum absolute atomic E-state index is 12.5. The van der Waals surface area contributed by atoms with E-state index in [1.807, 2.05) is 12.1 Å². The van der Waals surface area contributed by atoms with Crippen molar-refractivity contribution < 1.29 is 14.5 Å². The predicted molar refractivity (Wildman–Crippen MR) is 90.7 cm³/mol. The zero-order valence-electron chi connectivity index (χ0n) is 13.4. The van der Waals surface area contributed by atoms with Crippen molar-refractivity contribution in [2.24, 2.45) is 0 Å². The van der Waals surface area contributed by atoms with Crippen LogP contribution in [-0.4, -0.2) is 38.0 Å². The molecule has 0 aliphatic carbocycles. The molecule has 1 aliphatic rings. The third-order valence-corrected chi connectivity index (χ3v) is 4.07. The third-order valence-electron chi connectivity index (χ3n) is 4.07. The molecule has 25 heavy (non-hydrogen) atoms. The number of carbonyl (C=O) groups is 1. The van der Waals surface area contributed by atoms with Crippen LogP contribution in [-0.2, 0) is 11.3 Å². The van der Waals surface area contributed by atoms with Crippen molar-refractivity contribution in [1.29, 1.82) is 0 Å². The quantitative estimate of drug-likeness (QED) is 0.674. The highest BCUT2D eigenvalue weighted by atomic mass is 16.5. The summed E-state index contributed by atoms with van der Waals surface area (Å²) in [5.74, 6) is -0.374. The van der Waals surface area contributed by atoms with Crippen molar-refractivity contribution in [3.05, 3.63) is 59.7 Å². The van der Waals surface area contributed by atoms with Gasteiger partial charge in [0.1, 0.15) is 0 Å². The molecule has 8 nitrogen and oxygen atoms in total. The summed E-state index contributed by atoms with van der Waals surface area (Å²) in [5, 5.41) is 20.5. The second kappa shape index (κ2) is 6.12. The maximum atomic E-state index is 12.5. The number of nitrogens with one attached hydrogen (secondary N) is 1. The van der Waals surface area contributed by atoms with Crippen LogP contribution in [0, 0.1) is 6.92 Å². The summed E-state index contributed by atoms with van der Waals surface area (Å²) in [6.45, 7) is 2.13. The summed E-state index contributed by atoms with van der Waals surface area (Å²) in [5.41, 5.74) is 3.68. The number of hydrogen-bond acceptors (Lipinski definition) is 6. The monoisotopic (exact) mass is 335 g/mol. The lowest BCUT2D eigenvalue weighted by atomic mass is 9.79. The van der Waals surface area contributed by atoms with Crippen molar-refractivity contribution >= 4 is 24.2 Å². The van der Waals surface area contributed by atoms with Gasteiger partial charge >= 0.3 is 7.12 Å². The molecule has 0 saturated heterocycles. The molecule has 0 unspecified atom stereocenters. The highest BCUT2D eigenvalue weighted by Gasteiger charge is 2.27. The van der Waals surface area contributed by atoms with Crippen molar-refractivity contribution in [2.45, 2.75) is 13.5 Å².